The van der Waals surface area contributed by atoms with Crippen LogP contribution in [0.3, 0.4) is 0 Å². The SMILES string of the molecule is CCCCOc1cccc(NC(C)c2nnc(C)o2)c1. The summed E-state index contributed by atoms with van der Waals surface area (Å²) in [4.78, 5) is 0. The molecule has 0 fully saturated rings. The van der Waals surface area contributed by atoms with E-state index in [1.165, 1.54) is 0 Å². The van der Waals surface area contributed by atoms with Gasteiger partial charge in [-0.25, -0.2) is 0 Å². The second kappa shape index (κ2) is 6.93. The predicted molar refractivity (Wildman–Crippen MR) is 77.9 cm³/mol. The Kier molecular flexibility index (Phi) is 4.98. The molecule has 0 amide bonds. The summed E-state index contributed by atoms with van der Waals surface area (Å²) in [6.45, 7) is 6.66. The quantitative estimate of drug-likeness (QED) is 0.780. The zero-order valence-corrected chi connectivity index (χ0v) is 12.2. The maximum atomic E-state index is 5.69. The summed E-state index contributed by atoms with van der Waals surface area (Å²) in [5.41, 5.74) is 0.974. The van der Waals surface area contributed by atoms with Crippen LogP contribution < -0.4 is 10.1 Å². The molecule has 1 unspecified atom stereocenters. The van der Waals surface area contributed by atoms with E-state index in [4.69, 9.17) is 9.15 Å². The number of unbranched alkanes of at least 4 members (excludes halogenated alkanes) is 1. The molecule has 0 aliphatic carbocycles. The number of hydrogen-bond acceptors (Lipinski definition) is 5. The first-order valence-electron chi connectivity index (χ1n) is 6.98. The van der Waals surface area contributed by atoms with E-state index in [1.54, 1.807) is 6.92 Å². The van der Waals surface area contributed by atoms with E-state index in [2.05, 4.69) is 22.4 Å². The average molecular weight is 275 g/mol. The van der Waals surface area contributed by atoms with Gasteiger partial charge >= 0.3 is 0 Å². The molecule has 0 aliphatic rings. The number of benzene rings is 1. The molecule has 1 N–H and O–H groups in total. The van der Waals surface area contributed by atoms with E-state index in [-0.39, 0.29) is 6.04 Å². The molecule has 0 radical (unpaired) electrons. The number of hydrogen-bond donors (Lipinski definition) is 1. The summed E-state index contributed by atoms with van der Waals surface area (Å²) >= 11 is 0. The molecule has 2 rings (SSSR count). The normalized spacial score (nSPS) is 12.2. The Bertz CT molecular complexity index is 539. The Labute approximate surface area is 119 Å². The van der Waals surface area contributed by atoms with Gasteiger partial charge in [0.15, 0.2) is 0 Å². The Morgan fingerprint density at radius 3 is 2.90 bits per heavy atom. The van der Waals surface area contributed by atoms with Gasteiger partial charge in [-0.05, 0) is 25.5 Å². The summed E-state index contributed by atoms with van der Waals surface area (Å²) in [6, 6.07) is 7.86. The molecule has 1 aromatic heterocycles. The summed E-state index contributed by atoms with van der Waals surface area (Å²) in [5, 5.41) is 11.2. The Hall–Kier alpha value is -2.04. The lowest BCUT2D eigenvalue weighted by molar-refractivity contribution is 0.309. The number of rotatable bonds is 7. The van der Waals surface area contributed by atoms with Crippen molar-refractivity contribution in [1.29, 1.82) is 0 Å². The van der Waals surface area contributed by atoms with Crippen LogP contribution in [-0.4, -0.2) is 16.8 Å². The second-order valence-corrected chi connectivity index (χ2v) is 4.76. The number of ether oxygens (including phenoxy) is 1. The highest BCUT2D eigenvalue weighted by Gasteiger charge is 2.12. The van der Waals surface area contributed by atoms with Crippen molar-refractivity contribution in [2.45, 2.75) is 39.7 Å². The lowest BCUT2D eigenvalue weighted by Crippen LogP contribution is -2.07. The van der Waals surface area contributed by atoms with Crippen LogP contribution in [0.5, 0.6) is 5.75 Å². The first kappa shape index (κ1) is 14.4. The Balaban J connectivity index is 1.96. The third-order valence-electron chi connectivity index (χ3n) is 2.90. The van der Waals surface area contributed by atoms with E-state index in [0.29, 0.717) is 11.8 Å². The molecule has 1 heterocycles. The Morgan fingerprint density at radius 1 is 1.35 bits per heavy atom. The molecule has 20 heavy (non-hydrogen) atoms. The van der Waals surface area contributed by atoms with Gasteiger partial charge in [-0.15, -0.1) is 10.2 Å². The largest absolute Gasteiger partial charge is 0.494 e. The molecule has 0 saturated carbocycles. The van der Waals surface area contributed by atoms with Gasteiger partial charge in [0.05, 0.1) is 6.61 Å². The minimum Gasteiger partial charge on any atom is -0.494 e. The van der Waals surface area contributed by atoms with E-state index in [1.807, 2.05) is 31.2 Å². The minimum atomic E-state index is -0.0397. The van der Waals surface area contributed by atoms with Gasteiger partial charge in [-0.3, -0.25) is 0 Å². The number of anilines is 1. The molecule has 5 nitrogen and oxygen atoms in total. The van der Waals surface area contributed by atoms with Crippen molar-refractivity contribution in [2.24, 2.45) is 0 Å². The number of nitrogens with one attached hydrogen (secondary N) is 1. The van der Waals surface area contributed by atoms with Crippen LogP contribution in [0.4, 0.5) is 5.69 Å². The zero-order chi connectivity index (χ0) is 14.4. The molecule has 2 aromatic rings. The van der Waals surface area contributed by atoms with Crippen LogP contribution in [-0.2, 0) is 0 Å². The molecule has 0 spiro atoms. The molecule has 0 aliphatic heterocycles. The maximum Gasteiger partial charge on any atom is 0.238 e. The first-order valence-corrected chi connectivity index (χ1v) is 6.98. The molecule has 108 valence electrons. The van der Waals surface area contributed by atoms with Crippen LogP contribution in [0.2, 0.25) is 0 Å². The maximum absolute atomic E-state index is 5.69. The molecule has 0 saturated heterocycles. The monoisotopic (exact) mass is 275 g/mol. The average Bonchev–Trinajstić information content (AvgIpc) is 2.86. The highest BCUT2D eigenvalue weighted by atomic mass is 16.5. The number of aryl methyl sites for hydroxylation is 1. The van der Waals surface area contributed by atoms with Crippen LogP contribution in [0.1, 0.15) is 44.5 Å². The fourth-order valence-corrected chi connectivity index (χ4v) is 1.81. The fourth-order valence-electron chi connectivity index (χ4n) is 1.81. The molecule has 1 atom stereocenters. The van der Waals surface area contributed by atoms with Gasteiger partial charge in [0, 0.05) is 18.7 Å². The molecule has 1 aromatic carbocycles. The highest BCUT2D eigenvalue weighted by molar-refractivity contribution is 5.49. The Morgan fingerprint density at radius 2 is 2.20 bits per heavy atom. The third-order valence-corrected chi connectivity index (χ3v) is 2.90. The minimum absolute atomic E-state index is 0.0397. The summed E-state index contributed by atoms with van der Waals surface area (Å²) in [5.74, 6) is 2.03. The standard InChI is InChI=1S/C15H21N3O2/c1-4-5-9-19-14-8-6-7-13(10-14)16-11(2)15-18-17-12(3)20-15/h6-8,10-11,16H,4-5,9H2,1-3H3. The molecular formula is C15H21N3O2. The van der Waals surface area contributed by atoms with Crippen molar-refractivity contribution in [3.63, 3.8) is 0 Å². The lowest BCUT2D eigenvalue weighted by atomic mass is 10.2. The zero-order valence-electron chi connectivity index (χ0n) is 12.2. The van der Waals surface area contributed by atoms with Crippen molar-refractivity contribution >= 4 is 5.69 Å². The van der Waals surface area contributed by atoms with Crippen molar-refractivity contribution in [3.05, 3.63) is 36.0 Å². The van der Waals surface area contributed by atoms with Crippen molar-refractivity contribution in [2.75, 3.05) is 11.9 Å². The lowest BCUT2D eigenvalue weighted by Gasteiger charge is -2.13. The van der Waals surface area contributed by atoms with Gasteiger partial charge in [-0.1, -0.05) is 19.4 Å². The number of aromatic nitrogens is 2. The van der Waals surface area contributed by atoms with Crippen LogP contribution in [0.15, 0.2) is 28.7 Å². The van der Waals surface area contributed by atoms with Crippen molar-refractivity contribution in [1.82, 2.24) is 10.2 Å². The van der Waals surface area contributed by atoms with Gasteiger partial charge in [0.2, 0.25) is 11.8 Å². The molecule has 0 bridgehead atoms. The van der Waals surface area contributed by atoms with Crippen molar-refractivity contribution < 1.29 is 9.15 Å². The van der Waals surface area contributed by atoms with Crippen molar-refractivity contribution in [3.8, 4) is 5.75 Å². The molecule has 5 heteroatoms. The topological polar surface area (TPSA) is 60.2 Å². The van der Waals surface area contributed by atoms with Crippen LogP contribution >= 0.6 is 0 Å². The summed E-state index contributed by atoms with van der Waals surface area (Å²) in [7, 11) is 0. The van der Waals surface area contributed by atoms with Gasteiger partial charge in [-0.2, -0.15) is 0 Å². The van der Waals surface area contributed by atoms with E-state index >= 15 is 0 Å². The van der Waals surface area contributed by atoms with Crippen LogP contribution in [0.25, 0.3) is 0 Å². The first-order chi connectivity index (χ1) is 9.69. The highest BCUT2D eigenvalue weighted by Crippen LogP contribution is 2.22. The van der Waals surface area contributed by atoms with Gasteiger partial charge < -0.3 is 14.5 Å². The predicted octanol–water partition coefficient (Wildman–Crippen LogP) is 3.73. The second-order valence-electron chi connectivity index (χ2n) is 4.76. The van der Waals surface area contributed by atoms with E-state index < -0.39 is 0 Å². The van der Waals surface area contributed by atoms with Gasteiger partial charge in [0.1, 0.15) is 11.8 Å². The van der Waals surface area contributed by atoms with Gasteiger partial charge in [0.25, 0.3) is 0 Å². The summed E-state index contributed by atoms with van der Waals surface area (Å²) < 4.78 is 11.1. The van der Waals surface area contributed by atoms with E-state index in [9.17, 15) is 0 Å². The third kappa shape index (κ3) is 3.98. The molecular weight excluding hydrogens is 254 g/mol. The van der Waals surface area contributed by atoms with E-state index in [0.717, 1.165) is 30.9 Å². The van der Waals surface area contributed by atoms with Crippen LogP contribution in [0, 0.1) is 6.92 Å². The number of nitrogens with zero attached hydrogens (tertiary/aromatic N) is 2. The smallest absolute Gasteiger partial charge is 0.238 e. The fraction of sp³-hybridized carbons (Fsp3) is 0.467. The summed E-state index contributed by atoms with van der Waals surface area (Å²) in [6.07, 6.45) is 2.20.